The second-order valence-electron chi connectivity index (χ2n) is 8.98. The molecule has 3 aromatic rings. The zero-order valence-corrected chi connectivity index (χ0v) is 24.5. The van der Waals surface area contributed by atoms with E-state index in [4.69, 9.17) is 21.1 Å². The zero-order chi connectivity index (χ0) is 29.3. The van der Waals surface area contributed by atoms with Crippen molar-refractivity contribution in [1.82, 2.24) is 10.2 Å². The van der Waals surface area contributed by atoms with E-state index in [1.807, 2.05) is 6.92 Å². The van der Waals surface area contributed by atoms with E-state index in [1.165, 1.54) is 43.4 Å². The van der Waals surface area contributed by atoms with Gasteiger partial charge in [-0.3, -0.25) is 13.9 Å². The normalized spacial score (nSPS) is 11.8. The first-order chi connectivity index (χ1) is 19.1. The van der Waals surface area contributed by atoms with Crippen LogP contribution in [0.4, 0.5) is 5.69 Å². The van der Waals surface area contributed by atoms with E-state index < -0.39 is 28.5 Å². The molecule has 0 radical (unpaired) electrons. The molecule has 1 unspecified atom stereocenters. The van der Waals surface area contributed by atoms with Crippen molar-refractivity contribution < 1.29 is 27.5 Å². The SMILES string of the molecule is CCCNC(=O)C(C)N(Cc1ccc(Cl)cc1)C(=O)CN(c1ccc(OC)c(OC)c1)S(=O)(=O)c1ccccc1. The molecule has 9 nitrogen and oxygen atoms in total. The van der Waals surface area contributed by atoms with Gasteiger partial charge in [0.15, 0.2) is 11.5 Å². The summed E-state index contributed by atoms with van der Waals surface area (Å²) in [5.74, 6) is -0.206. The average Bonchev–Trinajstić information content (AvgIpc) is 2.97. The standard InChI is InChI=1S/C29H34ClN3O6S/c1-5-17-31-29(35)21(2)32(19-22-11-13-23(30)14-12-22)28(34)20-33(40(36,37)25-9-7-6-8-10-25)24-15-16-26(38-3)27(18-24)39-4/h6-16,18,21H,5,17,19-20H2,1-4H3,(H,31,35). The smallest absolute Gasteiger partial charge is 0.264 e. The number of hydrogen-bond donors (Lipinski definition) is 1. The number of methoxy groups -OCH3 is 2. The monoisotopic (exact) mass is 587 g/mol. The minimum atomic E-state index is -4.19. The molecule has 1 atom stereocenters. The maximum Gasteiger partial charge on any atom is 0.264 e. The van der Waals surface area contributed by atoms with Gasteiger partial charge < -0.3 is 19.7 Å². The van der Waals surface area contributed by atoms with Crippen LogP contribution in [0.15, 0.2) is 77.7 Å². The molecule has 0 spiro atoms. The van der Waals surface area contributed by atoms with Crippen molar-refractivity contribution in [3.05, 3.63) is 83.4 Å². The van der Waals surface area contributed by atoms with Gasteiger partial charge >= 0.3 is 0 Å². The van der Waals surface area contributed by atoms with Crippen molar-refractivity contribution in [2.24, 2.45) is 0 Å². The van der Waals surface area contributed by atoms with Gasteiger partial charge in [0.2, 0.25) is 11.8 Å². The first-order valence-electron chi connectivity index (χ1n) is 12.7. The molecule has 1 N–H and O–H groups in total. The predicted octanol–water partition coefficient (Wildman–Crippen LogP) is 4.50. The summed E-state index contributed by atoms with van der Waals surface area (Å²) >= 11 is 6.04. The van der Waals surface area contributed by atoms with Gasteiger partial charge in [-0.05, 0) is 55.3 Å². The Labute approximate surface area is 240 Å². The summed E-state index contributed by atoms with van der Waals surface area (Å²) in [6.45, 7) is 3.50. The molecule has 0 aromatic heterocycles. The van der Waals surface area contributed by atoms with Gasteiger partial charge in [0, 0.05) is 24.2 Å². The Kier molecular flexibility index (Phi) is 10.8. The lowest BCUT2D eigenvalue weighted by molar-refractivity contribution is -0.139. The molecule has 0 aliphatic carbocycles. The number of ether oxygens (including phenoxy) is 2. The van der Waals surface area contributed by atoms with Crippen LogP contribution in [0.3, 0.4) is 0 Å². The van der Waals surface area contributed by atoms with Crippen molar-refractivity contribution in [2.45, 2.75) is 37.8 Å². The van der Waals surface area contributed by atoms with Crippen molar-refractivity contribution >= 4 is 39.1 Å². The van der Waals surface area contributed by atoms with Gasteiger partial charge in [-0.2, -0.15) is 0 Å². The molecule has 0 aliphatic rings. The van der Waals surface area contributed by atoms with E-state index in [-0.39, 0.29) is 23.0 Å². The highest BCUT2D eigenvalue weighted by molar-refractivity contribution is 7.92. The molecule has 0 saturated heterocycles. The Morgan fingerprint density at radius 3 is 2.20 bits per heavy atom. The molecule has 0 fully saturated rings. The number of sulfonamides is 1. The highest BCUT2D eigenvalue weighted by Gasteiger charge is 2.33. The number of anilines is 1. The number of amides is 2. The summed E-state index contributed by atoms with van der Waals surface area (Å²) in [6, 6.07) is 18.5. The first kappa shape index (κ1) is 30.8. The number of hydrogen-bond acceptors (Lipinski definition) is 6. The Hall–Kier alpha value is -3.76. The van der Waals surface area contributed by atoms with Crippen molar-refractivity contribution in [3.8, 4) is 11.5 Å². The van der Waals surface area contributed by atoms with Gasteiger partial charge in [-0.1, -0.05) is 48.9 Å². The summed E-state index contributed by atoms with van der Waals surface area (Å²) in [6.07, 6.45) is 0.728. The zero-order valence-electron chi connectivity index (χ0n) is 23.0. The second-order valence-corrected chi connectivity index (χ2v) is 11.3. The molecule has 0 bridgehead atoms. The van der Waals surface area contributed by atoms with Crippen LogP contribution in [0.25, 0.3) is 0 Å². The Morgan fingerprint density at radius 2 is 1.60 bits per heavy atom. The fourth-order valence-corrected chi connectivity index (χ4v) is 5.55. The number of nitrogens with one attached hydrogen (secondary N) is 1. The predicted molar refractivity (Wildman–Crippen MR) is 155 cm³/mol. The van der Waals surface area contributed by atoms with Crippen LogP contribution in [-0.4, -0.2) is 58.5 Å². The molecule has 214 valence electrons. The quantitative estimate of drug-likeness (QED) is 0.316. The van der Waals surface area contributed by atoms with Gasteiger partial charge in [-0.25, -0.2) is 8.42 Å². The number of benzene rings is 3. The highest BCUT2D eigenvalue weighted by Crippen LogP contribution is 2.34. The lowest BCUT2D eigenvalue weighted by Crippen LogP contribution is -2.51. The van der Waals surface area contributed by atoms with Crippen LogP contribution in [0.2, 0.25) is 5.02 Å². The summed E-state index contributed by atoms with van der Waals surface area (Å²) < 4.78 is 39.5. The van der Waals surface area contributed by atoms with E-state index in [2.05, 4.69) is 5.32 Å². The minimum absolute atomic E-state index is 0.00979. The molecular weight excluding hydrogens is 554 g/mol. The molecule has 0 heterocycles. The molecule has 11 heteroatoms. The number of nitrogens with zero attached hydrogens (tertiary/aromatic N) is 2. The summed E-state index contributed by atoms with van der Waals surface area (Å²) in [7, 11) is -1.29. The molecule has 40 heavy (non-hydrogen) atoms. The number of carbonyl (C=O) groups is 2. The van der Waals surface area contributed by atoms with Crippen molar-refractivity contribution in [3.63, 3.8) is 0 Å². The van der Waals surface area contributed by atoms with Crippen molar-refractivity contribution in [2.75, 3.05) is 31.6 Å². The van der Waals surface area contributed by atoms with Gasteiger partial charge in [0.1, 0.15) is 12.6 Å². The van der Waals surface area contributed by atoms with Crippen LogP contribution in [0.1, 0.15) is 25.8 Å². The van der Waals surface area contributed by atoms with Crippen LogP contribution in [0.5, 0.6) is 11.5 Å². The lowest BCUT2D eigenvalue weighted by Gasteiger charge is -2.32. The third kappa shape index (κ3) is 7.45. The third-order valence-electron chi connectivity index (χ3n) is 6.25. The van der Waals surface area contributed by atoms with Crippen LogP contribution >= 0.6 is 11.6 Å². The minimum Gasteiger partial charge on any atom is -0.493 e. The Balaban J connectivity index is 2.06. The van der Waals surface area contributed by atoms with Gasteiger partial charge in [0.25, 0.3) is 10.0 Å². The van der Waals surface area contributed by atoms with Crippen LogP contribution < -0.4 is 19.1 Å². The second kappa shape index (κ2) is 14.0. The fourth-order valence-electron chi connectivity index (χ4n) is 3.99. The number of rotatable bonds is 13. The van der Waals surface area contributed by atoms with Crippen LogP contribution in [0, 0.1) is 0 Å². The molecule has 0 aliphatic heterocycles. The maximum atomic E-state index is 13.9. The van der Waals surface area contributed by atoms with E-state index in [9.17, 15) is 18.0 Å². The summed E-state index contributed by atoms with van der Waals surface area (Å²) in [4.78, 5) is 28.2. The van der Waals surface area contributed by atoms with E-state index in [0.717, 1.165) is 16.3 Å². The first-order valence-corrected chi connectivity index (χ1v) is 14.6. The molecule has 2 amide bonds. The van der Waals surface area contributed by atoms with E-state index in [0.29, 0.717) is 23.1 Å². The maximum absolute atomic E-state index is 13.9. The number of halogens is 1. The molecule has 3 aromatic carbocycles. The molecule has 3 rings (SSSR count). The highest BCUT2D eigenvalue weighted by atomic mass is 35.5. The average molecular weight is 588 g/mol. The molecule has 0 saturated carbocycles. The van der Waals surface area contributed by atoms with Crippen LogP contribution in [-0.2, 0) is 26.2 Å². The Bertz CT molecular complexity index is 1400. The summed E-state index contributed by atoms with van der Waals surface area (Å²) in [5.41, 5.74) is 0.931. The third-order valence-corrected chi connectivity index (χ3v) is 8.29. The Morgan fingerprint density at radius 1 is 0.950 bits per heavy atom. The number of carbonyl (C=O) groups excluding carboxylic acids is 2. The largest absolute Gasteiger partial charge is 0.493 e. The fraction of sp³-hybridized carbons (Fsp3) is 0.310. The van der Waals surface area contributed by atoms with Crippen molar-refractivity contribution in [1.29, 1.82) is 0 Å². The van der Waals surface area contributed by atoms with E-state index >= 15 is 0 Å². The van der Waals surface area contributed by atoms with Gasteiger partial charge in [0.05, 0.1) is 24.8 Å². The van der Waals surface area contributed by atoms with E-state index in [1.54, 1.807) is 55.5 Å². The topological polar surface area (TPSA) is 105 Å². The summed E-state index contributed by atoms with van der Waals surface area (Å²) in [5, 5.41) is 3.35. The molecular formula is C29H34ClN3O6S. The lowest BCUT2D eigenvalue weighted by atomic mass is 10.1. The van der Waals surface area contributed by atoms with Gasteiger partial charge in [-0.15, -0.1) is 0 Å².